The topological polar surface area (TPSA) is 118 Å². The van der Waals surface area contributed by atoms with Crippen molar-refractivity contribution >= 4 is 18.1 Å². The van der Waals surface area contributed by atoms with Crippen LogP contribution in [0.15, 0.2) is 42.5 Å². The minimum absolute atomic E-state index is 0.0453. The number of morpholine rings is 1. The molecule has 41 heavy (non-hydrogen) atoms. The fraction of sp³-hybridized carbons (Fsp3) is 0.500. The molecule has 2 saturated heterocycles. The van der Waals surface area contributed by atoms with Crippen molar-refractivity contribution < 1.29 is 38.1 Å². The fourth-order valence-corrected chi connectivity index (χ4v) is 5.61. The number of para-hydroxylation sites is 1. The van der Waals surface area contributed by atoms with Crippen molar-refractivity contribution in [2.24, 2.45) is 0 Å². The molecule has 2 aliphatic rings. The number of hydrogen-bond acceptors (Lipinski definition) is 6. The molecule has 2 aliphatic heterocycles. The fourth-order valence-electron chi connectivity index (χ4n) is 5.61. The largest absolute Gasteiger partial charge is 0.491 e. The number of likely N-dealkylation sites (tertiary alicyclic amines) is 1. The molecule has 2 heterocycles. The van der Waals surface area contributed by atoms with Crippen LogP contribution in [-0.4, -0.2) is 89.6 Å². The monoisotopic (exact) mass is 571 g/mol. The van der Waals surface area contributed by atoms with E-state index < -0.39 is 41.2 Å². The van der Waals surface area contributed by atoms with Gasteiger partial charge in [-0.15, -0.1) is 0 Å². The van der Waals surface area contributed by atoms with Gasteiger partial charge < -0.3 is 29.5 Å². The zero-order chi connectivity index (χ0) is 29.9. The molecule has 1 spiro atoms. The second-order valence-corrected chi connectivity index (χ2v) is 11.7. The highest BCUT2D eigenvalue weighted by atomic mass is 19.1. The summed E-state index contributed by atoms with van der Waals surface area (Å²) in [7, 11) is 1.61. The minimum Gasteiger partial charge on any atom is -0.491 e. The molecule has 3 atom stereocenters. The maximum atomic E-state index is 16.2. The molecule has 222 valence electrons. The Kier molecular flexibility index (Phi) is 8.77. The number of halogens is 1. The van der Waals surface area contributed by atoms with Gasteiger partial charge in [0.05, 0.1) is 24.7 Å². The highest BCUT2D eigenvalue weighted by Crippen LogP contribution is 2.39. The van der Waals surface area contributed by atoms with E-state index in [9.17, 15) is 19.5 Å². The van der Waals surface area contributed by atoms with Crippen LogP contribution in [0.4, 0.5) is 14.0 Å². The number of carbonyl (C=O) groups is 3. The number of nitrogens with zero attached hydrogens (tertiary/aromatic N) is 2. The first-order valence-electron chi connectivity index (χ1n) is 13.6. The molecule has 0 aromatic heterocycles. The maximum Gasteiger partial charge on any atom is 0.410 e. The summed E-state index contributed by atoms with van der Waals surface area (Å²) in [5.74, 6) is -0.386. The predicted octanol–water partition coefficient (Wildman–Crippen LogP) is 4.31. The van der Waals surface area contributed by atoms with Gasteiger partial charge in [0.1, 0.15) is 30.4 Å². The lowest BCUT2D eigenvalue weighted by Gasteiger charge is -2.40. The zero-order valence-electron chi connectivity index (χ0n) is 24.1. The van der Waals surface area contributed by atoms with Crippen LogP contribution in [0, 0.1) is 5.82 Å². The van der Waals surface area contributed by atoms with Gasteiger partial charge in [-0.25, -0.2) is 14.0 Å². The van der Waals surface area contributed by atoms with Crippen molar-refractivity contribution in [3.8, 4) is 16.9 Å². The van der Waals surface area contributed by atoms with Crippen molar-refractivity contribution in [2.75, 3.05) is 33.4 Å². The molecule has 2 aromatic rings. The van der Waals surface area contributed by atoms with E-state index in [1.54, 1.807) is 77.2 Å². The van der Waals surface area contributed by atoms with E-state index in [0.29, 0.717) is 28.9 Å². The van der Waals surface area contributed by atoms with Crippen LogP contribution in [0.25, 0.3) is 11.1 Å². The molecular weight excluding hydrogens is 533 g/mol. The van der Waals surface area contributed by atoms with E-state index in [4.69, 9.17) is 14.2 Å². The predicted molar refractivity (Wildman–Crippen MR) is 149 cm³/mol. The van der Waals surface area contributed by atoms with E-state index in [-0.39, 0.29) is 38.7 Å². The lowest BCUT2D eigenvalue weighted by Crippen LogP contribution is -2.64. The van der Waals surface area contributed by atoms with Gasteiger partial charge in [0.25, 0.3) is 0 Å². The molecule has 3 amide bonds. The third-order valence-corrected chi connectivity index (χ3v) is 7.37. The first kappa shape index (κ1) is 30.1. The first-order valence-corrected chi connectivity index (χ1v) is 13.6. The number of carbonyl (C=O) groups excluding carboxylic acids is 2. The normalized spacial score (nSPS) is 22.4. The van der Waals surface area contributed by atoms with Crippen LogP contribution < -0.4 is 10.1 Å². The van der Waals surface area contributed by atoms with Gasteiger partial charge in [-0.3, -0.25) is 9.69 Å². The van der Waals surface area contributed by atoms with Gasteiger partial charge in [-0.05, 0) is 52.2 Å². The number of benzene rings is 2. The number of hydrogen-bond donors (Lipinski definition) is 2. The minimum atomic E-state index is -1.13. The Hall–Kier alpha value is -3.86. The molecule has 11 heteroatoms. The van der Waals surface area contributed by atoms with Gasteiger partial charge >= 0.3 is 12.2 Å². The second-order valence-electron chi connectivity index (χ2n) is 11.7. The molecule has 0 saturated carbocycles. The van der Waals surface area contributed by atoms with Crippen molar-refractivity contribution in [2.45, 2.75) is 63.8 Å². The summed E-state index contributed by atoms with van der Waals surface area (Å²) in [4.78, 5) is 39.4. The highest BCUT2D eigenvalue weighted by Gasteiger charge is 2.55. The SMILES string of the molecule is C[C@@H]1CC2(COCC(=O)N2)C(Cc2cccc(-c3ccccc3OCCN(C)C(=O)OC(C)(C)C)c2F)N1C(=O)O. The third-order valence-electron chi connectivity index (χ3n) is 7.37. The highest BCUT2D eigenvalue weighted by molar-refractivity contribution is 5.79. The summed E-state index contributed by atoms with van der Waals surface area (Å²) in [6.45, 7) is 7.61. The second kappa shape index (κ2) is 11.9. The number of nitrogens with one attached hydrogen (secondary N) is 1. The summed E-state index contributed by atoms with van der Waals surface area (Å²) in [5, 5.41) is 12.9. The van der Waals surface area contributed by atoms with Crippen LogP contribution in [0.5, 0.6) is 5.75 Å². The van der Waals surface area contributed by atoms with E-state index in [2.05, 4.69) is 5.32 Å². The molecule has 4 rings (SSSR count). The van der Waals surface area contributed by atoms with Crippen molar-refractivity contribution in [3.63, 3.8) is 0 Å². The average molecular weight is 572 g/mol. The smallest absolute Gasteiger partial charge is 0.410 e. The number of rotatable bonds is 7. The number of carboxylic acid groups (broad SMARTS) is 1. The summed E-state index contributed by atoms with van der Waals surface area (Å²) in [5.41, 5.74) is -0.438. The lowest BCUT2D eigenvalue weighted by atomic mass is 9.84. The van der Waals surface area contributed by atoms with Crippen LogP contribution in [0.3, 0.4) is 0 Å². The average Bonchev–Trinajstić information content (AvgIpc) is 3.14. The molecule has 2 fully saturated rings. The van der Waals surface area contributed by atoms with Crippen LogP contribution in [0.1, 0.15) is 39.7 Å². The molecule has 0 aliphatic carbocycles. The Morgan fingerprint density at radius 1 is 1.20 bits per heavy atom. The van der Waals surface area contributed by atoms with E-state index in [1.807, 2.05) is 0 Å². The molecule has 0 bridgehead atoms. The molecule has 2 unspecified atom stereocenters. The number of amides is 3. The summed E-state index contributed by atoms with van der Waals surface area (Å²) in [6, 6.07) is 10.9. The Bertz CT molecular complexity index is 1300. The first-order chi connectivity index (χ1) is 19.3. The van der Waals surface area contributed by atoms with Crippen LogP contribution in [-0.2, 0) is 20.7 Å². The van der Waals surface area contributed by atoms with Crippen molar-refractivity contribution in [3.05, 3.63) is 53.8 Å². The maximum absolute atomic E-state index is 16.2. The Labute approximate surface area is 239 Å². The van der Waals surface area contributed by atoms with Gasteiger partial charge in [-0.2, -0.15) is 0 Å². The van der Waals surface area contributed by atoms with E-state index >= 15 is 4.39 Å². The molecular formula is C30H38FN3O7. The van der Waals surface area contributed by atoms with Gasteiger partial charge in [0.2, 0.25) is 5.91 Å². The molecule has 2 aromatic carbocycles. The Morgan fingerprint density at radius 2 is 1.90 bits per heavy atom. The van der Waals surface area contributed by atoms with E-state index in [0.717, 1.165) is 0 Å². The van der Waals surface area contributed by atoms with Crippen molar-refractivity contribution in [1.29, 1.82) is 0 Å². The standard InChI is InChI=1S/C30H38FN3O7/c1-19-16-30(18-39-17-25(35)32-30)24(34(19)27(36)37)15-20-9-8-11-22(26(20)31)21-10-6-7-12-23(21)40-14-13-33(5)28(38)41-29(2,3)4/h6-12,19,24H,13-18H2,1-5H3,(H,32,35)(H,36,37)/t19-,24?,30?/m1/s1. The van der Waals surface area contributed by atoms with Gasteiger partial charge in [0, 0.05) is 24.2 Å². The molecule has 0 radical (unpaired) electrons. The lowest BCUT2D eigenvalue weighted by molar-refractivity contribution is -0.136. The zero-order valence-corrected chi connectivity index (χ0v) is 24.1. The Balaban J connectivity index is 1.56. The summed E-state index contributed by atoms with van der Waals surface area (Å²) in [6.07, 6.45) is -1.19. The van der Waals surface area contributed by atoms with Gasteiger partial charge in [0.15, 0.2) is 0 Å². The van der Waals surface area contributed by atoms with Crippen molar-refractivity contribution in [1.82, 2.24) is 15.1 Å². The Morgan fingerprint density at radius 3 is 2.59 bits per heavy atom. The molecule has 10 nitrogen and oxygen atoms in total. The summed E-state index contributed by atoms with van der Waals surface area (Å²) < 4.78 is 33.0. The van der Waals surface area contributed by atoms with Gasteiger partial charge in [-0.1, -0.05) is 36.4 Å². The quantitative estimate of drug-likeness (QED) is 0.509. The number of likely N-dealkylation sites (N-methyl/N-ethyl adjacent to an activating group) is 1. The molecule has 2 N–H and O–H groups in total. The summed E-state index contributed by atoms with van der Waals surface area (Å²) >= 11 is 0. The number of ether oxygens (including phenoxy) is 3. The van der Waals surface area contributed by atoms with E-state index in [1.165, 1.54) is 9.80 Å². The van der Waals surface area contributed by atoms with Crippen LogP contribution >= 0.6 is 0 Å². The third kappa shape index (κ3) is 6.73. The van der Waals surface area contributed by atoms with Crippen LogP contribution in [0.2, 0.25) is 0 Å².